The molecule has 0 aromatic heterocycles. The van der Waals surface area contributed by atoms with Gasteiger partial charge in [0.25, 0.3) is 11.6 Å². The molecule has 19 nitrogen and oxygen atoms in total. The van der Waals surface area contributed by atoms with Crippen molar-refractivity contribution in [3.63, 3.8) is 0 Å². The number of carbonyl (C=O) groups excluding carboxylic acids is 2. The van der Waals surface area contributed by atoms with E-state index >= 15 is 0 Å². The Morgan fingerprint density at radius 3 is 1.65 bits per heavy atom. The van der Waals surface area contributed by atoms with Crippen molar-refractivity contribution < 1.29 is 84.1 Å². The van der Waals surface area contributed by atoms with Crippen molar-refractivity contribution in [1.29, 1.82) is 0 Å². The predicted molar refractivity (Wildman–Crippen MR) is 155 cm³/mol. The summed E-state index contributed by atoms with van der Waals surface area (Å²) in [5.41, 5.74) is 0.523. The van der Waals surface area contributed by atoms with Gasteiger partial charge >= 0.3 is 11.9 Å². The first-order valence-corrected chi connectivity index (χ1v) is 14.8. The van der Waals surface area contributed by atoms with Gasteiger partial charge in [0, 0.05) is 26.7 Å². The maximum atomic E-state index is 12.4. The quantitative estimate of drug-likeness (QED) is 0.0826. The Bertz CT molecular complexity index is 1270. The predicted octanol–water partition coefficient (Wildman–Crippen LogP) is -4.47. The number of hydrogen-bond donors (Lipinski definition) is 11. The van der Waals surface area contributed by atoms with Crippen LogP contribution in [0.25, 0.3) is 0 Å². The molecule has 11 N–H and O–H groups in total. The van der Waals surface area contributed by atoms with E-state index in [1.54, 1.807) is 30.3 Å². The Labute approximate surface area is 273 Å². The lowest BCUT2D eigenvalue weighted by molar-refractivity contribution is -0.326. The summed E-state index contributed by atoms with van der Waals surface area (Å²) >= 11 is 0. The zero-order chi connectivity index (χ0) is 36.0. The highest BCUT2D eigenvalue weighted by atomic mass is 16.7. The van der Waals surface area contributed by atoms with Gasteiger partial charge in [-0.2, -0.15) is 0 Å². The number of nitrogens with one attached hydrogen (secondary N) is 2. The van der Waals surface area contributed by atoms with E-state index in [0.29, 0.717) is 5.56 Å². The Hall–Kier alpha value is -3.34. The molecular formula is C29H42N2O17. The van der Waals surface area contributed by atoms with Crippen LogP contribution in [0.5, 0.6) is 0 Å². The number of ether oxygens (including phenoxy) is 4. The molecule has 1 aromatic rings. The Morgan fingerprint density at radius 2 is 1.23 bits per heavy atom. The molecule has 270 valence electrons. The SMILES string of the molecule is CC(=O)N[C@H]1[C@H]([C@H](O)[C@H](O)CO)O[C@@](OC[C@@H](O)[C@@H](O)[C@@H]2O[C@@](OCc3ccccc3)(C(=O)O)C[C@H](O)[C@H]2NC(C)=O)(C(=O)O)C[C@@H]1O. The summed E-state index contributed by atoms with van der Waals surface area (Å²) in [6.45, 7) is -0.362. The Morgan fingerprint density at radius 1 is 0.792 bits per heavy atom. The molecule has 2 aliphatic rings. The van der Waals surface area contributed by atoms with E-state index < -0.39 is 122 Å². The molecular weight excluding hydrogens is 648 g/mol. The number of rotatable bonds is 15. The third-order valence-corrected chi connectivity index (χ3v) is 7.99. The normalized spacial score (nSPS) is 33.1. The van der Waals surface area contributed by atoms with Crippen molar-refractivity contribution in [2.75, 3.05) is 13.2 Å². The zero-order valence-electron chi connectivity index (χ0n) is 26.0. The standard InChI is InChI=1S/C29H42N2O17/c1-13(33)30-20-17(36)9-29(27(43)44,47-24(20)22(39)18(37)10-32)46-12-19(38)23(40)25-21(31-14(2)34)16(35)8-28(48-25,26(41)42)45-11-15-6-4-3-5-7-15/h3-7,16-25,32,35-40H,8-12H2,1-2H3,(H,30,33)(H,31,34)(H,41,42)(H,43,44)/t16-,17-,18+,19+,20+,21+,22+,23+,24+,25+,28+,29+/m0/s1. The minimum absolute atomic E-state index is 0.322. The molecule has 12 atom stereocenters. The van der Waals surface area contributed by atoms with Gasteiger partial charge in [-0.05, 0) is 5.56 Å². The molecule has 3 rings (SSSR count). The van der Waals surface area contributed by atoms with Gasteiger partial charge in [0.15, 0.2) is 0 Å². The number of carboxylic acid groups (broad SMARTS) is 2. The molecule has 1 aromatic carbocycles. The van der Waals surface area contributed by atoms with Crippen LogP contribution >= 0.6 is 0 Å². The fourth-order valence-corrected chi connectivity index (χ4v) is 5.54. The van der Waals surface area contributed by atoms with Crippen LogP contribution in [0, 0.1) is 0 Å². The van der Waals surface area contributed by atoms with Gasteiger partial charge in [-0.1, -0.05) is 30.3 Å². The van der Waals surface area contributed by atoms with Crippen molar-refractivity contribution in [2.24, 2.45) is 0 Å². The highest BCUT2D eigenvalue weighted by Gasteiger charge is 2.58. The van der Waals surface area contributed by atoms with E-state index in [1.807, 2.05) is 0 Å². The van der Waals surface area contributed by atoms with Gasteiger partial charge in [0.05, 0.1) is 44.1 Å². The fraction of sp³-hybridized carbons (Fsp3) is 0.655. The third kappa shape index (κ3) is 9.01. The molecule has 0 spiro atoms. The summed E-state index contributed by atoms with van der Waals surface area (Å²) in [7, 11) is 0. The van der Waals surface area contributed by atoms with Crippen LogP contribution < -0.4 is 10.6 Å². The number of aliphatic carboxylic acids is 2. The van der Waals surface area contributed by atoms with Crippen molar-refractivity contribution in [1.82, 2.24) is 10.6 Å². The van der Waals surface area contributed by atoms with Gasteiger partial charge in [0.1, 0.15) is 36.6 Å². The highest BCUT2D eigenvalue weighted by molar-refractivity contribution is 5.77. The molecule has 0 unspecified atom stereocenters. The first kappa shape index (κ1) is 39.1. The van der Waals surface area contributed by atoms with Gasteiger partial charge in [-0.3, -0.25) is 9.59 Å². The van der Waals surface area contributed by atoms with Crippen LogP contribution in [0.1, 0.15) is 32.3 Å². The van der Waals surface area contributed by atoms with Crippen molar-refractivity contribution in [2.45, 2.75) is 106 Å². The fourth-order valence-electron chi connectivity index (χ4n) is 5.54. The second-order valence-electron chi connectivity index (χ2n) is 11.7. The zero-order valence-corrected chi connectivity index (χ0v) is 26.0. The van der Waals surface area contributed by atoms with E-state index in [-0.39, 0.29) is 6.61 Å². The molecule has 2 heterocycles. The monoisotopic (exact) mass is 690 g/mol. The number of aliphatic hydroxyl groups excluding tert-OH is 7. The van der Waals surface area contributed by atoms with Crippen LogP contribution in [-0.2, 0) is 44.7 Å². The average molecular weight is 691 g/mol. The number of carbonyl (C=O) groups is 4. The van der Waals surface area contributed by atoms with E-state index in [4.69, 9.17) is 18.9 Å². The van der Waals surface area contributed by atoms with E-state index in [9.17, 15) is 65.1 Å². The summed E-state index contributed by atoms with van der Waals surface area (Å²) in [6, 6.07) is 5.26. The largest absolute Gasteiger partial charge is 0.477 e. The lowest BCUT2D eigenvalue weighted by Gasteiger charge is -2.47. The summed E-state index contributed by atoms with van der Waals surface area (Å²) in [5, 5.41) is 98.5. The molecule has 2 saturated heterocycles. The van der Waals surface area contributed by atoms with Crippen LogP contribution in [0.4, 0.5) is 0 Å². The molecule has 19 heteroatoms. The minimum atomic E-state index is -2.89. The van der Waals surface area contributed by atoms with Gasteiger partial charge in [-0.25, -0.2) is 9.59 Å². The molecule has 0 bridgehead atoms. The molecule has 2 fully saturated rings. The lowest BCUT2D eigenvalue weighted by atomic mass is 9.88. The van der Waals surface area contributed by atoms with E-state index in [2.05, 4.69) is 10.6 Å². The first-order chi connectivity index (χ1) is 22.5. The van der Waals surface area contributed by atoms with E-state index in [1.165, 1.54) is 0 Å². The van der Waals surface area contributed by atoms with Gasteiger partial charge in [-0.15, -0.1) is 0 Å². The number of amides is 2. The summed E-state index contributed by atoms with van der Waals surface area (Å²) < 4.78 is 22.1. The highest BCUT2D eigenvalue weighted by Crippen LogP contribution is 2.36. The molecule has 0 aliphatic carbocycles. The number of benzene rings is 1. The topological polar surface area (TPSA) is 311 Å². The summed E-state index contributed by atoms with van der Waals surface area (Å²) in [6.07, 6.45) is -17.3. The Balaban J connectivity index is 1.88. The second kappa shape index (κ2) is 16.4. The van der Waals surface area contributed by atoms with Crippen LogP contribution in [-0.4, -0.2) is 155 Å². The molecule has 48 heavy (non-hydrogen) atoms. The van der Waals surface area contributed by atoms with Crippen molar-refractivity contribution in [3.8, 4) is 0 Å². The van der Waals surface area contributed by atoms with Crippen LogP contribution in [0.3, 0.4) is 0 Å². The number of carboxylic acids is 2. The average Bonchev–Trinajstić information content (AvgIpc) is 3.03. The van der Waals surface area contributed by atoms with Crippen LogP contribution in [0.2, 0.25) is 0 Å². The minimum Gasteiger partial charge on any atom is -0.477 e. The molecule has 2 amide bonds. The maximum absolute atomic E-state index is 12.4. The van der Waals surface area contributed by atoms with Gasteiger partial charge in [0.2, 0.25) is 11.8 Å². The Kier molecular flexibility index (Phi) is 13.3. The molecule has 2 aliphatic heterocycles. The van der Waals surface area contributed by atoms with Crippen LogP contribution in [0.15, 0.2) is 30.3 Å². The molecule has 0 radical (unpaired) electrons. The summed E-state index contributed by atoms with van der Waals surface area (Å²) in [4.78, 5) is 48.6. The second-order valence-corrected chi connectivity index (χ2v) is 11.7. The summed E-state index contributed by atoms with van der Waals surface area (Å²) in [5.74, 6) is -10.5. The van der Waals surface area contributed by atoms with Gasteiger partial charge < -0.3 is 75.5 Å². The maximum Gasteiger partial charge on any atom is 0.364 e. The van der Waals surface area contributed by atoms with E-state index in [0.717, 1.165) is 13.8 Å². The smallest absolute Gasteiger partial charge is 0.364 e. The molecule has 0 saturated carbocycles. The number of aliphatic hydroxyl groups is 7. The third-order valence-electron chi connectivity index (χ3n) is 7.99. The number of hydrogen-bond acceptors (Lipinski definition) is 15. The van der Waals surface area contributed by atoms with Crippen molar-refractivity contribution >= 4 is 23.8 Å². The lowest BCUT2D eigenvalue weighted by Crippen LogP contribution is -2.69. The first-order valence-electron chi connectivity index (χ1n) is 14.8. The van der Waals surface area contributed by atoms with Crippen molar-refractivity contribution in [3.05, 3.63) is 35.9 Å².